The number of nitrogens with zero attached hydrogens (tertiary/aromatic N) is 3. The van der Waals surface area contributed by atoms with Gasteiger partial charge in [0.2, 0.25) is 5.95 Å². The van der Waals surface area contributed by atoms with E-state index in [1.807, 2.05) is 18.2 Å². The van der Waals surface area contributed by atoms with Gasteiger partial charge < -0.3 is 19.9 Å². The highest BCUT2D eigenvalue weighted by Crippen LogP contribution is 2.36. The Kier molecular flexibility index (Phi) is 3.66. The van der Waals surface area contributed by atoms with E-state index in [-0.39, 0.29) is 12.6 Å². The number of hydrogen-bond donors (Lipinski definition) is 2. The first-order chi connectivity index (χ1) is 10.3. The molecule has 3 rings (SSSR count). The molecule has 0 amide bonds. The van der Waals surface area contributed by atoms with Crippen LogP contribution in [-0.4, -0.2) is 40.6 Å². The third-order valence-electron chi connectivity index (χ3n) is 3.61. The molecule has 7 nitrogen and oxygen atoms in total. The van der Waals surface area contributed by atoms with E-state index < -0.39 is 0 Å². The molecule has 1 aromatic heterocycles. The zero-order chi connectivity index (χ0) is 14.8. The third kappa shape index (κ3) is 2.40. The van der Waals surface area contributed by atoms with Crippen LogP contribution in [0.1, 0.15) is 23.9 Å². The van der Waals surface area contributed by atoms with Crippen molar-refractivity contribution in [3.8, 4) is 11.5 Å². The maximum atomic E-state index is 9.22. The van der Waals surface area contributed by atoms with Crippen LogP contribution in [0.25, 0.3) is 0 Å². The highest BCUT2D eigenvalue weighted by Gasteiger charge is 2.27. The lowest BCUT2D eigenvalue weighted by Crippen LogP contribution is -2.25. The second-order valence-electron chi connectivity index (χ2n) is 4.79. The van der Waals surface area contributed by atoms with Crippen LogP contribution in [0.5, 0.6) is 11.5 Å². The van der Waals surface area contributed by atoms with Crippen molar-refractivity contribution in [3.63, 3.8) is 0 Å². The van der Waals surface area contributed by atoms with E-state index in [0.29, 0.717) is 11.8 Å². The Morgan fingerprint density at radius 2 is 2.24 bits per heavy atom. The average molecular weight is 290 g/mol. The smallest absolute Gasteiger partial charge is 0.222 e. The summed E-state index contributed by atoms with van der Waals surface area (Å²) in [6.45, 7) is 0.609. The largest absolute Gasteiger partial charge is 0.497 e. The number of benzene rings is 1. The van der Waals surface area contributed by atoms with E-state index >= 15 is 0 Å². The van der Waals surface area contributed by atoms with Crippen molar-refractivity contribution in [3.05, 3.63) is 29.6 Å². The van der Waals surface area contributed by atoms with Gasteiger partial charge in [0.25, 0.3) is 0 Å². The molecule has 1 aliphatic rings. The van der Waals surface area contributed by atoms with Gasteiger partial charge in [0.05, 0.1) is 20.3 Å². The van der Waals surface area contributed by atoms with Crippen molar-refractivity contribution in [2.24, 2.45) is 0 Å². The number of aliphatic hydroxyl groups is 1. The molecule has 0 saturated heterocycles. The van der Waals surface area contributed by atoms with Crippen LogP contribution in [0.15, 0.2) is 18.2 Å². The highest BCUT2D eigenvalue weighted by molar-refractivity contribution is 5.44. The molecule has 0 saturated carbocycles. The van der Waals surface area contributed by atoms with Crippen LogP contribution >= 0.6 is 0 Å². The highest BCUT2D eigenvalue weighted by atomic mass is 16.5. The summed E-state index contributed by atoms with van der Waals surface area (Å²) < 4.78 is 12.6. The lowest BCUT2D eigenvalue weighted by Gasteiger charge is -2.26. The minimum absolute atomic E-state index is 0.000833. The van der Waals surface area contributed by atoms with Crippen LogP contribution < -0.4 is 14.8 Å². The van der Waals surface area contributed by atoms with E-state index in [4.69, 9.17) is 9.47 Å². The molecule has 7 heteroatoms. The summed E-state index contributed by atoms with van der Waals surface area (Å²) in [6.07, 6.45) is 0.852. The number of anilines is 1. The van der Waals surface area contributed by atoms with Gasteiger partial charge in [0.1, 0.15) is 18.1 Å². The summed E-state index contributed by atoms with van der Waals surface area (Å²) in [5.41, 5.74) is 0.994. The van der Waals surface area contributed by atoms with Crippen molar-refractivity contribution in [2.75, 3.05) is 26.1 Å². The Morgan fingerprint density at radius 1 is 1.38 bits per heavy atom. The van der Waals surface area contributed by atoms with Gasteiger partial charge in [-0.15, -0.1) is 0 Å². The molecule has 1 aromatic carbocycles. The number of aromatic nitrogens is 3. The van der Waals surface area contributed by atoms with Crippen LogP contribution in [0, 0.1) is 0 Å². The predicted octanol–water partition coefficient (Wildman–Crippen LogP) is 1.19. The number of hydrogen-bond acceptors (Lipinski definition) is 6. The molecular weight excluding hydrogens is 272 g/mol. The van der Waals surface area contributed by atoms with E-state index in [1.165, 1.54) is 0 Å². The minimum atomic E-state index is -0.177. The molecule has 0 fully saturated rings. The van der Waals surface area contributed by atoms with Gasteiger partial charge in [0.15, 0.2) is 5.82 Å². The van der Waals surface area contributed by atoms with Gasteiger partial charge in [0, 0.05) is 12.1 Å². The van der Waals surface area contributed by atoms with Gasteiger partial charge in [-0.1, -0.05) is 0 Å². The zero-order valence-corrected chi connectivity index (χ0v) is 12.0. The molecule has 0 spiro atoms. The van der Waals surface area contributed by atoms with Crippen molar-refractivity contribution < 1.29 is 14.6 Å². The summed E-state index contributed by atoms with van der Waals surface area (Å²) in [5, 5.41) is 16.8. The maximum Gasteiger partial charge on any atom is 0.222 e. The SMILES string of the molecule is COc1ccc(OC)c(C2CCNc3nc(CO)nn32)c1. The fourth-order valence-electron chi connectivity index (χ4n) is 2.60. The molecule has 2 heterocycles. The van der Waals surface area contributed by atoms with Crippen molar-refractivity contribution in [1.29, 1.82) is 0 Å². The van der Waals surface area contributed by atoms with Crippen LogP contribution in [0.2, 0.25) is 0 Å². The third-order valence-corrected chi connectivity index (χ3v) is 3.61. The first-order valence-electron chi connectivity index (χ1n) is 6.79. The molecule has 1 unspecified atom stereocenters. The number of rotatable bonds is 4. The van der Waals surface area contributed by atoms with E-state index in [9.17, 15) is 5.11 Å². The minimum Gasteiger partial charge on any atom is -0.497 e. The van der Waals surface area contributed by atoms with Crippen LogP contribution in [0.4, 0.5) is 5.95 Å². The standard InChI is InChI=1S/C14H18N4O3/c1-20-9-3-4-12(21-2)10(7-9)11-5-6-15-14-16-13(8-19)17-18(11)14/h3-4,7,11,19H,5-6,8H2,1-2H3,(H,15,16,17). The summed E-state index contributed by atoms with van der Waals surface area (Å²) in [5.74, 6) is 2.63. The molecule has 21 heavy (non-hydrogen) atoms. The van der Waals surface area contributed by atoms with Gasteiger partial charge in [-0.25, -0.2) is 4.68 Å². The van der Waals surface area contributed by atoms with Crippen LogP contribution in [0.3, 0.4) is 0 Å². The Morgan fingerprint density at radius 3 is 2.95 bits per heavy atom. The van der Waals surface area contributed by atoms with Gasteiger partial charge in [-0.05, 0) is 24.6 Å². The molecule has 1 aliphatic heterocycles. The Balaban J connectivity index is 2.07. The predicted molar refractivity (Wildman–Crippen MR) is 76.7 cm³/mol. The first-order valence-corrected chi connectivity index (χ1v) is 6.79. The molecule has 2 N–H and O–H groups in total. The monoisotopic (exact) mass is 290 g/mol. The first kappa shape index (κ1) is 13.7. The van der Waals surface area contributed by atoms with Crippen LogP contribution in [-0.2, 0) is 6.61 Å². The number of fused-ring (bicyclic) bond motifs is 1. The lowest BCUT2D eigenvalue weighted by molar-refractivity contribution is 0.270. The molecule has 0 aliphatic carbocycles. The molecule has 1 atom stereocenters. The molecule has 0 radical (unpaired) electrons. The molecule has 2 aromatic rings. The Bertz CT molecular complexity index is 641. The number of aliphatic hydroxyl groups excluding tert-OH is 1. The topological polar surface area (TPSA) is 81.4 Å². The second kappa shape index (κ2) is 5.61. The Hall–Kier alpha value is -2.28. The zero-order valence-electron chi connectivity index (χ0n) is 12.0. The van der Waals surface area contributed by atoms with E-state index in [2.05, 4.69) is 15.4 Å². The molecular formula is C14H18N4O3. The number of nitrogens with one attached hydrogen (secondary N) is 1. The van der Waals surface area contributed by atoms with Crippen molar-refractivity contribution in [1.82, 2.24) is 14.8 Å². The van der Waals surface area contributed by atoms with E-state index in [0.717, 1.165) is 30.0 Å². The molecule has 112 valence electrons. The fraction of sp³-hybridized carbons (Fsp3) is 0.429. The lowest BCUT2D eigenvalue weighted by atomic mass is 10.0. The normalized spacial score (nSPS) is 17.0. The summed E-state index contributed by atoms with van der Waals surface area (Å²) in [6, 6.07) is 5.71. The maximum absolute atomic E-state index is 9.22. The quantitative estimate of drug-likeness (QED) is 0.880. The summed E-state index contributed by atoms with van der Waals surface area (Å²) >= 11 is 0. The van der Waals surface area contributed by atoms with Gasteiger partial charge in [-0.3, -0.25) is 0 Å². The molecule has 0 bridgehead atoms. The van der Waals surface area contributed by atoms with Crippen molar-refractivity contribution in [2.45, 2.75) is 19.1 Å². The number of ether oxygens (including phenoxy) is 2. The Labute approximate surface area is 122 Å². The van der Waals surface area contributed by atoms with Gasteiger partial charge >= 0.3 is 0 Å². The second-order valence-corrected chi connectivity index (χ2v) is 4.79. The van der Waals surface area contributed by atoms with Gasteiger partial charge in [-0.2, -0.15) is 10.1 Å². The average Bonchev–Trinajstić information content (AvgIpc) is 2.97. The van der Waals surface area contributed by atoms with E-state index in [1.54, 1.807) is 18.9 Å². The van der Waals surface area contributed by atoms with Crippen molar-refractivity contribution >= 4 is 5.95 Å². The summed E-state index contributed by atoms with van der Waals surface area (Å²) in [7, 11) is 3.28. The fourth-order valence-corrected chi connectivity index (χ4v) is 2.60. The summed E-state index contributed by atoms with van der Waals surface area (Å²) in [4.78, 5) is 4.26. The number of methoxy groups -OCH3 is 2.